The van der Waals surface area contributed by atoms with Crippen molar-refractivity contribution >= 4 is 23.4 Å². The second-order valence-electron chi connectivity index (χ2n) is 7.95. The first-order valence-corrected chi connectivity index (χ1v) is 11.5. The zero-order chi connectivity index (χ0) is 20.4. The van der Waals surface area contributed by atoms with Crippen LogP contribution in [-0.4, -0.2) is 50.4 Å². The Morgan fingerprint density at radius 3 is 2.90 bits per heavy atom. The Labute approximate surface area is 178 Å². The van der Waals surface area contributed by atoms with E-state index in [2.05, 4.69) is 20.8 Å². The molecule has 1 saturated heterocycles. The van der Waals surface area contributed by atoms with Gasteiger partial charge in [0, 0.05) is 31.2 Å². The molecule has 2 fully saturated rings. The van der Waals surface area contributed by atoms with E-state index in [0.29, 0.717) is 23.1 Å². The maximum atomic E-state index is 12.5. The molecule has 3 heterocycles. The molecule has 1 atom stereocenters. The second kappa shape index (κ2) is 8.43. The van der Waals surface area contributed by atoms with Gasteiger partial charge in [0.1, 0.15) is 0 Å². The molecule has 30 heavy (non-hydrogen) atoms. The number of carbonyl (C=O) groups is 1. The minimum atomic E-state index is -0.515. The fraction of sp³-hybridized carbons (Fsp3) is 0.600. The van der Waals surface area contributed by atoms with Crippen LogP contribution in [-0.2, 0) is 16.1 Å². The molecule has 1 aromatic heterocycles. The van der Waals surface area contributed by atoms with Crippen molar-refractivity contribution in [2.24, 2.45) is 0 Å². The van der Waals surface area contributed by atoms with Crippen LogP contribution >= 0.6 is 11.8 Å². The number of benzene rings is 1. The summed E-state index contributed by atoms with van der Waals surface area (Å²) in [4.78, 5) is 12.5. The highest BCUT2D eigenvalue weighted by atomic mass is 32.2. The van der Waals surface area contributed by atoms with Gasteiger partial charge in [-0.1, -0.05) is 18.2 Å². The number of hydrogen-bond acceptors (Lipinski definition) is 8. The molecule has 1 saturated carbocycles. The number of fused-ring (bicyclic) bond motifs is 1. The Hall–Kier alpha value is -2.33. The first kappa shape index (κ1) is 19.6. The molecule has 5 rings (SSSR count). The van der Waals surface area contributed by atoms with Crippen molar-refractivity contribution in [1.82, 2.24) is 20.2 Å². The summed E-state index contributed by atoms with van der Waals surface area (Å²) in [5.41, 5.74) is 0.690. The molecule has 2 aliphatic heterocycles. The van der Waals surface area contributed by atoms with E-state index in [1.807, 2.05) is 18.2 Å². The number of thioether (sulfide) groups is 1. The highest BCUT2D eigenvalue weighted by Crippen LogP contribution is 2.46. The lowest BCUT2D eigenvalue weighted by Gasteiger charge is -2.31. The molecule has 9 nitrogen and oxygen atoms in total. The zero-order valence-electron chi connectivity index (χ0n) is 16.7. The van der Waals surface area contributed by atoms with Crippen molar-refractivity contribution in [3.8, 4) is 11.5 Å². The monoisotopic (exact) mass is 431 g/mol. The topological polar surface area (TPSA) is 100 Å². The van der Waals surface area contributed by atoms with Crippen LogP contribution in [0, 0.1) is 0 Å². The molecule has 3 aliphatic rings. The normalized spacial score (nSPS) is 21.8. The van der Waals surface area contributed by atoms with Gasteiger partial charge in [-0.25, -0.2) is 4.68 Å². The number of carbonyl (C=O) groups excluding carboxylic acids is 1. The molecule has 1 aromatic carbocycles. The molecule has 2 aromatic rings. The summed E-state index contributed by atoms with van der Waals surface area (Å²) in [7, 11) is 0. The van der Waals surface area contributed by atoms with Gasteiger partial charge in [0.25, 0.3) is 5.79 Å². The lowest BCUT2D eigenvalue weighted by atomic mass is 9.94. The molecule has 160 valence electrons. The SMILES string of the molecule is O=C(CSc1nnnn1CC1CCCO1)Nc1ccc2c(c1)OC1(CCCCC1)O2. The average Bonchev–Trinajstić information content (AvgIpc) is 3.48. The van der Waals surface area contributed by atoms with E-state index in [0.717, 1.165) is 50.9 Å². The largest absolute Gasteiger partial charge is 0.448 e. The predicted octanol–water partition coefficient (Wildman–Crippen LogP) is 3.01. The minimum Gasteiger partial charge on any atom is -0.448 e. The van der Waals surface area contributed by atoms with Crippen LogP contribution in [0.3, 0.4) is 0 Å². The Morgan fingerprint density at radius 2 is 2.07 bits per heavy atom. The van der Waals surface area contributed by atoms with Gasteiger partial charge in [-0.3, -0.25) is 4.79 Å². The van der Waals surface area contributed by atoms with Crippen molar-refractivity contribution in [2.45, 2.75) is 68.5 Å². The summed E-state index contributed by atoms with van der Waals surface area (Å²) in [6.07, 6.45) is 7.47. The third kappa shape index (κ3) is 4.24. The van der Waals surface area contributed by atoms with Gasteiger partial charge in [0.15, 0.2) is 11.5 Å². The smallest absolute Gasteiger partial charge is 0.251 e. The Balaban J connectivity index is 1.16. The Bertz CT molecular complexity index is 908. The summed E-state index contributed by atoms with van der Waals surface area (Å²) in [6.45, 7) is 1.40. The van der Waals surface area contributed by atoms with Crippen LogP contribution in [0.4, 0.5) is 5.69 Å². The number of amides is 1. The molecular formula is C20H25N5O4S. The molecule has 1 amide bonds. The van der Waals surface area contributed by atoms with Gasteiger partial charge >= 0.3 is 0 Å². The number of aromatic nitrogens is 4. The van der Waals surface area contributed by atoms with Crippen LogP contribution in [0.5, 0.6) is 11.5 Å². The van der Waals surface area contributed by atoms with E-state index >= 15 is 0 Å². The number of anilines is 1. The van der Waals surface area contributed by atoms with Gasteiger partial charge in [0.2, 0.25) is 11.1 Å². The predicted molar refractivity (Wildman–Crippen MR) is 110 cm³/mol. The fourth-order valence-corrected chi connectivity index (χ4v) is 4.88. The van der Waals surface area contributed by atoms with Crippen molar-refractivity contribution in [3.63, 3.8) is 0 Å². The summed E-state index contributed by atoms with van der Waals surface area (Å²) in [6, 6.07) is 5.54. The van der Waals surface area contributed by atoms with Gasteiger partial charge in [-0.2, -0.15) is 0 Å². The van der Waals surface area contributed by atoms with Crippen molar-refractivity contribution in [1.29, 1.82) is 0 Å². The number of ether oxygens (including phenoxy) is 3. The van der Waals surface area contributed by atoms with Gasteiger partial charge in [-0.15, -0.1) is 5.10 Å². The standard InChI is InChI=1S/C20H25N5O4S/c26-18(13-30-19-22-23-24-25(19)12-15-5-4-10-27-15)21-14-6-7-16-17(11-14)29-20(28-16)8-2-1-3-9-20/h6-7,11,15H,1-5,8-10,12-13H2,(H,21,26). The lowest BCUT2D eigenvalue weighted by molar-refractivity contribution is -0.113. The van der Waals surface area contributed by atoms with E-state index < -0.39 is 5.79 Å². The van der Waals surface area contributed by atoms with Gasteiger partial charge < -0.3 is 19.5 Å². The van der Waals surface area contributed by atoms with E-state index in [-0.39, 0.29) is 17.8 Å². The van der Waals surface area contributed by atoms with Crippen LogP contribution in [0.1, 0.15) is 44.9 Å². The first-order valence-electron chi connectivity index (χ1n) is 10.5. The lowest BCUT2D eigenvalue weighted by Crippen LogP contribution is -2.40. The second-order valence-corrected chi connectivity index (χ2v) is 8.89. The van der Waals surface area contributed by atoms with Crippen molar-refractivity contribution < 1.29 is 19.0 Å². The number of hydrogen-bond donors (Lipinski definition) is 1. The Morgan fingerprint density at radius 1 is 1.20 bits per heavy atom. The molecular weight excluding hydrogens is 406 g/mol. The Kier molecular flexibility index (Phi) is 5.51. The average molecular weight is 432 g/mol. The number of nitrogens with one attached hydrogen (secondary N) is 1. The highest BCUT2D eigenvalue weighted by molar-refractivity contribution is 7.99. The fourth-order valence-electron chi connectivity index (χ4n) is 4.19. The zero-order valence-corrected chi connectivity index (χ0v) is 17.5. The van der Waals surface area contributed by atoms with Crippen LogP contribution < -0.4 is 14.8 Å². The third-order valence-corrected chi connectivity index (χ3v) is 6.62. The summed E-state index contributed by atoms with van der Waals surface area (Å²) < 4.78 is 19.6. The van der Waals surface area contributed by atoms with E-state index in [4.69, 9.17) is 14.2 Å². The molecule has 1 aliphatic carbocycles. The molecule has 1 N–H and O–H groups in total. The molecule has 0 bridgehead atoms. The van der Waals surface area contributed by atoms with Crippen molar-refractivity contribution in [2.75, 3.05) is 17.7 Å². The molecule has 1 spiro atoms. The van der Waals surface area contributed by atoms with Crippen LogP contribution in [0.25, 0.3) is 0 Å². The van der Waals surface area contributed by atoms with Crippen LogP contribution in [0.2, 0.25) is 0 Å². The number of nitrogens with zero attached hydrogens (tertiary/aromatic N) is 4. The molecule has 10 heteroatoms. The first-order chi connectivity index (χ1) is 14.7. The maximum Gasteiger partial charge on any atom is 0.251 e. The maximum absolute atomic E-state index is 12.5. The summed E-state index contributed by atoms with van der Waals surface area (Å²) >= 11 is 1.31. The van der Waals surface area contributed by atoms with Gasteiger partial charge in [-0.05, 0) is 48.2 Å². The van der Waals surface area contributed by atoms with Crippen LogP contribution in [0.15, 0.2) is 23.4 Å². The van der Waals surface area contributed by atoms with E-state index in [1.165, 1.54) is 18.2 Å². The quantitative estimate of drug-likeness (QED) is 0.697. The summed E-state index contributed by atoms with van der Waals surface area (Å²) in [5.74, 6) is 1.02. The van der Waals surface area contributed by atoms with E-state index in [9.17, 15) is 4.79 Å². The van der Waals surface area contributed by atoms with Gasteiger partial charge in [0.05, 0.1) is 18.4 Å². The number of rotatable bonds is 6. The summed E-state index contributed by atoms with van der Waals surface area (Å²) in [5, 5.41) is 15.3. The molecule has 1 unspecified atom stereocenters. The highest BCUT2D eigenvalue weighted by Gasteiger charge is 2.42. The minimum absolute atomic E-state index is 0.127. The van der Waals surface area contributed by atoms with Crippen molar-refractivity contribution in [3.05, 3.63) is 18.2 Å². The number of tetrazole rings is 1. The third-order valence-electron chi connectivity index (χ3n) is 5.67. The van der Waals surface area contributed by atoms with E-state index in [1.54, 1.807) is 4.68 Å². The molecule has 0 radical (unpaired) electrons.